The SMILES string of the molecule is CC(NC(=O)c1ccc(C2(C)NC(=O)NC2=O)cc1)C12CC3CC(CC(C3)C1)C2. The van der Waals surface area contributed by atoms with Crippen molar-refractivity contribution in [2.75, 3.05) is 0 Å². The van der Waals surface area contributed by atoms with Gasteiger partial charge in [0.25, 0.3) is 11.8 Å². The molecule has 4 saturated carbocycles. The Kier molecular flexibility index (Phi) is 4.06. The molecule has 2 unspecified atom stereocenters. The summed E-state index contributed by atoms with van der Waals surface area (Å²) in [5, 5.41) is 8.20. The lowest BCUT2D eigenvalue weighted by Crippen LogP contribution is -2.55. The second kappa shape index (κ2) is 6.31. The molecule has 1 aromatic rings. The number of benzene rings is 1. The number of amides is 4. The van der Waals surface area contributed by atoms with Gasteiger partial charge in [-0.1, -0.05) is 12.1 Å². The predicted molar refractivity (Wildman–Crippen MR) is 108 cm³/mol. The Morgan fingerprint density at radius 2 is 1.59 bits per heavy atom. The van der Waals surface area contributed by atoms with E-state index in [4.69, 9.17) is 0 Å². The molecule has 6 nitrogen and oxygen atoms in total. The van der Waals surface area contributed by atoms with Gasteiger partial charge >= 0.3 is 6.03 Å². The van der Waals surface area contributed by atoms with Gasteiger partial charge in [-0.05, 0) is 93.2 Å². The van der Waals surface area contributed by atoms with Crippen molar-refractivity contribution < 1.29 is 14.4 Å². The molecule has 4 aliphatic carbocycles. The van der Waals surface area contributed by atoms with Gasteiger partial charge in [0.2, 0.25) is 0 Å². The van der Waals surface area contributed by atoms with Crippen LogP contribution >= 0.6 is 0 Å². The van der Waals surface area contributed by atoms with E-state index in [1.807, 2.05) is 0 Å². The number of carbonyl (C=O) groups excluding carboxylic acids is 3. The van der Waals surface area contributed by atoms with Crippen molar-refractivity contribution in [2.24, 2.45) is 23.2 Å². The molecule has 154 valence electrons. The topological polar surface area (TPSA) is 87.3 Å². The average molecular weight is 396 g/mol. The third-order valence-electron chi connectivity index (χ3n) is 8.12. The maximum Gasteiger partial charge on any atom is 0.322 e. The molecule has 3 N–H and O–H groups in total. The maximum absolute atomic E-state index is 12.9. The number of imide groups is 1. The zero-order valence-electron chi connectivity index (χ0n) is 17.1. The Balaban J connectivity index is 1.29. The van der Waals surface area contributed by atoms with Gasteiger partial charge < -0.3 is 10.6 Å². The molecule has 2 atom stereocenters. The molecule has 29 heavy (non-hydrogen) atoms. The Bertz CT molecular complexity index is 843. The van der Waals surface area contributed by atoms with E-state index in [1.54, 1.807) is 31.2 Å². The van der Waals surface area contributed by atoms with Crippen LogP contribution in [0.4, 0.5) is 4.79 Å². The zero-order chi connectivity index (χ0) is 20.4. The van der Waals surface area contributed by atoms with E-state index in [9.17, 15) is 14.4 Å². The number of nitrogens with one attached hydrogen (secondary N) is 3. The van der Waals surface area contributed by atoms with Crippen molar-refractivity contribution in [3.63, 3.8) is 0 Å². The Hall–Kier alpha value is -2.37. The van der Waals surface area contributed by atoms with Crippen molar-refractivity contribution >= 4 is 17.8 Å². The number of carbonyl (C=O) groups is 3. The summed E-state index contributed by atoms with van der Waals surface area (Å²) < 4.78 is 0. The van der Waals surface area contributed by atoms with Crippen LogP contribution in [0.15, 0.2) is 24.3 Å². The van der Waals surface area contributed by atoms with Crippen molar-refractivity contribution in [3.05, 3.63) is 35.4 Å². The summed E-state index contributed by atoms with van der Waals surface area (Å²) in [6.07, 6.45) is 7.95. The van der Waals surface area contributed by atoms with Crippen molar-refractivity contribution in [2.45, 2.75) is 64.0 Å². The monoisotopic (exact) mass is 395 g/mol. The van der Waals surface area contributed by atoms with Gasteiger partial charge in [0.15, 0.2) is 0 Å². The van der Waals surface area contributed by atoms with Crippen molar-refractivity contribution in [3.8, 4) is 0 Å². The second-order valence-corrected chi connectivity index (χ2v) is 10.1. The summed E-state index contributed by atoms with van der Waals surface area (Å²) in [5.41, 5.74) is 0.410. The van der Waals surface area contributed by atoms with Gasteiger partial charge in [-0.25, -0.2) is 4.79 Å². The number of urea groups is 1. The first-order valence-electron chi connectivity index (χ1n) is 10.8. The minimum absolute atomic E-state index is 0.0649. The minimum atomic E-state index is -1.10. The quantitative estimate of drug-likeness (QED) is 0.685. The lowest BCUT2D eigenvalue weighted by Gasteiger charge is -2.59. The smallest absolute Gasteiger partial charge is 0.322 e. The molecular formula is C23H29N3O3. The normalized spacial score (nSPS) is 38.5. The van der Waals surface area contributed by atoms with Gasteiger partial charge in [-0.2, -0.15) is 0 Å². The molecule has 0 spiro atoms. The highest BCUT2D eigenvalue weighted by Gasteiger charge is 2.53. The lowest BCUT2D eigenvalue weighted by molar-refractivity contribution is -0.123. The van der Waals surface area contributed by atoms with Crippen LogP contribution in [0, 0.1) is 23.2 Å². The van der Waals surface area contributed by atoms with Gasteiger partial charge in [-0.3, -0.25) is 14.9 Å². The molecule has 0 aromatic heterocycles. The van der Waals surface area contributed by atoms with Crippen LogP contribution in [-0.4, -0.2) is 23.9 Å². The van der Waals surface area contributed by atoms with Crippen LogP contribution in [0.2, 0.25) is 0 Å². The van der Waals surface area contributed by atoms with E-state index in [2.05, 4.69) is 22.9 Å². The highest BCUT2D eigenvalue weighted by Crippen LogP contribution is 2.61. The standard InChI is InChI=1S/C23H29N3O3/c1-13(23-10-14-7-15(11-23)9-16(8-14)12-23)24-19(27)17-3-5-18(6-4-17)22(2)20(28)25-21(29)26-22/h3-6,13-16H,7-12H2,1-2H3,(H,24,27)(H2,25,26,28,29). The fourth-order valence-corrected chi connectivity index (χ4v) is 6.84. The Morgan fingerprint density at radius 3 is 2.07 bits per heavy atom. The molecule has 6 rings (SSSR count). The molecule has 1 saturated heterocycles. The van der Waals surface area contributed by atoms with E-state index in [0.717, 1.165) is 17.8 Å². The van der Waals surface area contributed by atoms with E-state index >= 15 is 0 Å². The Labute approximate surface area is 171 Å². The summed E-state index contributed by atoms with van der Waals surface area (Å²) in [6, 6.07) is 6.63. The summed E-state index contributed by atoms with van der Waals surface area (Å²) >= 11 is 0. The number of rotatable bonds is 4. The van der Waals surface area contributed by atoms with Gasteiger partial charge in [0, 0.05) is 11.6 Å². The van der Waals surface area contributed by atoms with E-state index in [0.29, 0.717) is 11.1 Å². The molecule has 4 bridgehead atoms. The zero-order valence-corrected chi connectivity index (χ0v) is 17.1. The fourth-order valence-electron chi connectivity index (χ4n) is 6.84. The van der Waals surface area contributed by atoms with Crippen LogP contribution in [0.25, 0.3) is 0 Å². The summed E-state index contributed by atoms with van der Waals surface area (Å²) in [7, 11) is 0. The molecule has 1 aromatic carbocycles. The van der Waals surface area contributed by atoms with Gasteiger partial charge in [0.1, 0.15) is 5.54 Å². The van der Waals surface area contributed by atoms with Crippen LogP contribution in [0.1, 0.15) is 68.3 Å². The second-order valence-electron chi connectivity index (χ2n) is 10.1. The highest BCUT2D eigenvalue weighted by atomic mass is 16.2. The third kappa shape index (κ3) is 2.95. The van der Waals surface area contributed by atoms with E-state index in [1.165, 1.54) is 38.5 Å². The first kappa shape index (κ1) is 18.6. The van der Waals surface area contributed by atoms with Crippen LogP contribution in [0.3, 0.4) is 0 Å². The summed E-state index contributed by atoms with van der Waals surface area (Å²) in [6.45, 7) is 3.84. The van der Waals surface area contributed by atoms with Crippen LogP contribution < -0.4 is 16.0 Å². The molecule has 5 fully saturated rings. The fraction of sp³-hybridized carbons (Fsp3) is 0.609. The van der Waals surface area contributed by atoms with Gasteiger partial charge in [0.05, 0.1) is 0 Å². The Morgan fingerprint density at radius 1 is 1.03 bits per heavy atom. The largest absolute Gasteiger partial charge is 0.349 e. The van der Waals surface area contributed by atoms with E-state index in [-0.39, 0.29) is 23.3 Å². The molecular weight excluding hydrogens is 366 g/mol. The van der Waals surface area contributed by atoms with Crippen LogP contribution in [-0.2, 0) is 10.3 Å². The summed E-state index contributed by atoms with van der Waals surface area (Å²) in [5.74, 6) is 2.12. The van der Waals surface area contributed by atoms with Crippen molar-refractivity contribution in [1.29, 1.82) is 0 Å². The predicted octanol–water partition coefficient (Wildman–Crippen LogP) is 3.08. The van der Waals surface area contributed by atoms with Crippen LogP contribution in [0.5, 0.6) is 0 Å². The molecule has 5 aliphatic rings. The third-order valence-corrected chi connectivity index (χ3v) is 8.12. The average Bonchev–Trinajstić information content (AvgIpc) is 2.93. The van der Waals surface area contributed by atoms with Crippen molar-refractivity contribution in [1.82, 2.24) is 16.0 Å². The molecule has 4 amide bonds. The minimum Gasteiger partial charge on any atom is -0.349 e. The van der Waals surface area contributed by atoms with E-state index < -0.39 is 11.6 Å². The number of hydrogen-bond acceptors (Lipinski definition) is 3. The lowest BCUT2D eigenvalue weighted by atomic mass is 9.48. The molecule has 1 heterocycles. The molecule has 1 aliphatic heterocycles. The molecule has 0 radical (unpaired) electrons. The van der Waals surface area contributed by atoms with Gasteiger partial charge in [-0.15, -0.1) is 0 Å². The highest BCUT2D eigenvalue weighted by molar-refractivity contribution is 6.07. The number of hydrogen-bond donors (Lipinski definition) is 3. The molecule has 6 heteroatoms. The summed E-state index contributed by atoms with van der Waals surface area (Å²) in [4.78, 5) is 36.5. The first-order valence-corrected chi connectivity index (χ1v) is 10.8. The maximum atomic E-state index is 12.9. The first-order chi connectivity index (χ1) is 13.8.